The molecule has 4 rings (SSSR count). The Morgan fingerprint density at radius 3 is 2.63 bits per heavy atom. The number of alkyl carbamates (subject to hydrolysis) is 1. The summed E-state index contributed by atoms with van der Waals surface area (Å²) in [7, 11) is 1.65. The van der Waals surface area contributed by atoms with Gasteiger partial charge in [0.1, 0.15) is 17.2 Å². The number of carbonyl (C=O) groups is 3. The van der Waals surface area contributed by atoms with Crippen LogP contribution in [-0.4, -0.2) is 72.9 Å². The smallest absolute Gasteiger partial charge is 0.407 e. The molecule has 0 aromatic heterocycles. The number of hydrogen-bond acceptors (Lipinski definition) is 7. The Hall–Kier alpha value is -3.01. The first-order valence-electron chi connectivity index (χ1n) is 14.8. The molecule has 0 unspecified atom stereocenters. The lowest BCUT2D eigenvalue weighted by Crippen LogP contribution is -2.58. The summed E-state index contributed by atoms with van der Waals surface area (Å²) >= 11 is 0. The van der Waals surface area contributed by atoms with Crippen LogP contribution in [0.4, 0.5) is 4.79 Å². The number of nitrogens with zero attached hydrogens (tertiary/aromatic N) is 1. The zero-order chi connectivity index (χ0) is 29.9. The van der Waals surface area contributed by atoms with Gasteiger partial charge < -0.3 is 34.5 Å². The fourth-order valence-electron chi connectivity index (χ4n) is 6.35. The molecule has 2 N–H and O–H groups in total. The number of rotatable bonds is 8. The van der Waals surface area contributed by atoms with Crippen LogP contribution < -0.4 is 20.1 Å². The van der Waals surface area contributed by atoms with Crippen molar-refractivity contribution >= 4 is 17.9 Å². The van der Waals surface area contributed by atoms with Gasteiger partial charge in [0, 0.05) is 44.0 Å². The van der Waals surface area contributed by atoms with Gasteiger partial charge in [-0.2, -0.15) is 0 Å². The molecule has 228 valence electrons. The number of unbranched alkanes of at least 4 members (excludes halogenated alkanes) is 1. The zero-order valence-electron chi connectivity index (χ0n) is 25.6. The van der Waals surface area contributed by atoms with Gasteiger partial charge in [-0.3, -0.25) is 9.59 Å². The molecule has 41 heavy (non-hydrogen) atoms. The molecule has 0 bridgehead atoms. The van der Waals surface area contributed by atoms with E-state index in [4.69, 9.17) is 18.9 Å². The third-order valence-corrected chi connectivity index (χ3v) is 8.28. The molecule has 1 aromatic carbocycles. The summed E-state index contributed by atoms with van der Waals surface area (Å²) in [6.45, 7) is 12.7. The predicted molar refractivity (Wildman–Crippen MR) is 154 cm³/mol. The molecule has 0 radical (unpaired) electrons. The van der Waals surface area contributed by atoms with Gasteiger partial charge in [-0.1, -0.05) is 12.1 Å². The highest BCUT2D eigenvalue weighted by Crippen LogP contribution is 2.55. The van der Waals surface area contributed by atoms with Crippen LogP contribution in [0, 0.1) is 11.8 Å². The van der Waals surface area contributed by atoms with Crippen LogP contribution in [0.5, 0.6) is 11.5 Å². The van der Waals surface area contributed by atoms with Gasteiger partial charge in [0.25, 0.3) is 0 Å². The van der Waals surface area contributed by atoms with E-state index in [0.717, 1.165) is 24.2 Å². The molecule has 0 spiro atoms. The Balaban J connectivity index is 1.36. The Kier molecular flexibility index (Phi) is 9.41. The number of ether oxygens (including phenoxy) is 4. The summed E-state index contributed by atoms with van der Waals surface area (Å²) in [5.41, 5.74) is 0.00975. The molecule has 5 atom stereocenters. The number of carbonyl (C=O) groups excluding carboxylic acids is 3. The zero-order valence-corrected chi connectivity index (χ0v) is 25.6. The third kappa shape index (κ3) is 7.45. The van der Waals surface area contributed by atoms with Crippen molar-refractivity contribution in [2.75, 3.05) is 26.7 Å². The van der Waals surface area contributed by atoms with Gasteiger partial charge in [0.05, 0.1) is 19.3 Å². The van der Waals surface area contributed by atoms with Crippen molar-refractivity contribution in [2.45, 2.75) is 103 Å². The van der Waals surface area contributed by atoms with Gasteiger partial charge in [0.15, 0.2) is 11.5 Å². The van der Waals surface area contributed by atoms with Gasteiger partial charge in [-0.05, 0) is 72.8 Å². The van der Waals surface area contributed by atoms with E-state index in [1.807, 2.05) is 37.8 Å². The molecule has 3 aliphatic rings. The lowest BCUT2D eigenvalue weighted by molar-refractivity contribution is -0.189. The number of methoxy groups -OCH3 is 1. The highest BCUT2D eigenvalue weighted by Gasteiger charge is 2.52. The number of amides is 3. The van der Waals surface area contributed by atoms with Crippen molar-refractivity contribution < 1.29 is 33.3 Å². The van der Waals surface area contributed by atoms with Crippen LogP contribution in [0.15, 0.2) is 18.2 Å². The van der Waals surface area contributed by atoms with Crippen molar-refractivity contribution in [1.82, 2.24) is 15.5 Å². The van der Waals surface area contributed by atoms with E-state index in [9.17, 15) is 14.4 Å². The monoisotopic (exact) mass is 573 g/mol. The number of benzene rings is 1. The largest absolute Gasteiger partial charge is 0.493 e. The molecule has 0 saturated carbocycles. The van der Waals surface area contributed by atoms with Crippen LogP contribution in [0.1, 0.15) is 85.3 Å². The average molecular weight is 574 g/mol. The van der Waals surface area contributed by atoms with Crippen molar-refractivity contribution in [1.29, 1.82) is 0 Å². The topological polar surface area (TPSA) is 115 Å². The summed E-state index contributed by atoms with van der Waals surface area (Å²) in [6.07, 6.45) is 2.97. The molecule has 3 amide bonds. The van der Waals surface area contributed by atoms with Crippen molar-refractivity contribution in [3.05, 3.63) is 23.8 Å². The lowest BCUT2D eigenvalue weighted by atomic mass is 9.70. The minimum Gasteiger partial charge on any atom is -0.493 e. The summed E-state index contributed by atoms with van der Waals surface area (Å²) in [6, 6.07) is 5.35. The molecule has 10 nitrogen and oxygen atoms in total. The number of para-hydroxylation sites is 1. The summed E-state index contributed by atoms with van der Waals surface area (Å²) in [5, 5.41) is 5.60. The van der Waals surface area contributed by atoms with Gasteiger partial charge >= 0.3 is 6.09 Å². The number of nitrogens with one attached hydrogen (secondary N) is 2. The van der Waals surface area contributed by atoms with E-state index in [1.54, 1.807) is 7.11 Å². The first-order valence-corrected chi connectivity index (χ1v) is 14.8. The summed E-state index contributed by atoms with van der Waals surface area (Å²) in [4.78, 5) is 39.3. The van der Waals surface area contributed by atoms with Gasteiger partial charge in [-0.15, -0.1) is 0 Å². The Labute approximate surface area is 243 Å². The maximum atomic E-state index is 13.6. The fourth-order valence-corrected chi connectivity index (χ4v) is 6.35. The van der Waals surface area contributed by atoms with Gasteiger partial charge in [0.2, 0.25) is 11.8 Å². The molecule has 0 aliphatic carbocycles. The van der Waals surface area contributed by atoms with E-state index in [1.165, 1.54) is 6.92 Å². The normalized spacial score (nSPS) is 25.4. The average Bonchev–Trinajstić information content (AvgIpc) is 2.89. The van der Waals surface area contributed by atoms with E-state index >= 15 is 0 Å². The van der Waals surface area contributed by atoms with Crippen molar-refractivity contribution in [3.63, 3.8) is 0 Å². The van der Waals surface area contributed by atoms with E-state index in [2.05, 4.69) is 30.5 Å². The summed E-state index contributed by atoms with van der Waals surface area (Å²) in [5.74, 6) is 1.48. The Morgan fingerprint density at radius 2 is 1.95 bits per heavy atom. The highest BCUT2D eigenvalue weighted by atomic mass is 16.6. The minimum absolute atomic E-state index is 0.0476. The second-order valence-electron chi connectivity index (χ2n) is 13.0. The van der Waals surface area contributed by atoms with E-state index < -0.39 is 23.3 Å². The Morgan fingerprint density at radius 1 is 1.20 bits per heavy atom. The first kappa shape index (κ1) is 30.9. The van der Waals surface area contributed by atoms with Crippen LogP contribution >= 0.6 is 0 Å². The number of fused-ring (bicyclic) bond motifs is 4. The number of hydrogen-bond donors (Lipinski definition) is 2. The SMILES string of the molecule is COc1cccc2c1OC(C)(C)[C@H]1C[C@@H]3CN(C(=O)[C@H](CCCCNC(=O)OC(C)(C)C)NC(C)=O)CC[C@@H]3O[C@H]21. The highest BCUT2D eigenvalue weighted by molar-refractivity contribution is 5.87. The molecule has 3 heterocycles. The Bertz CT molecular complexity index is 1120. The fraction of sp³-hybridized carbons (Fsp3) is 0.710. The van der Waals surface area contributed by atoms with Crippen LogP contribution in [0.25, 0.3) is 0 Å². The van der Waals surface area contributed by atoms with Crippen LogP contribution in [-0.2, 0) is 19.1 Å². The molecule has 10 heteroatoms. The maximum Gasteiger partial charge on any atom is 0.407 e. The van der Waals surface area contributed by atoms with Crippen LogP contribution in [0.2, 0.25) is 0 Å². The van der Waals surface area contributed by atoms with Crippen molar-refractivity contribution in [3.8, 4) is 11.5 Å². The number of piperidine rings is 1. The second-order valence-corrected chi connectivity index (χ2v) is 13.0. The van der Waals surface area contributed by atoms with Crippen LogP contribution in [0.3, 0.4) is 0 Å². The van der Waals surface area contributed by atoms with Gasteiger partial charge in [-0.25, -0.2) is 4.79 Å². The molecule has 2 saturated heterocycles. The molecular weight excluding hydrogens is 526 g/mol. The third-order valence-electron chi connectivity index (χ3n) is 8.28. The maximum absolute atomic E-state index is 13.6. The number of likely N-dealkylation sites (tertiary alicyclic amines) is 1. The second kappa shape index (κ2) is 12.5. The van der Waals surface area contributed by atoms with E-state index in [0.29, 0.717) is 44.6 Å². The molecule has 1 aromatic rings. The quantitative estimate of drug-likeness (QED) is 0.444. The standard InChI is InChI=1S/C31H47N3O7/c1-19(35)33-23(12-8-9-15-32-29(37)41-30(2,3)4)28(36)34-16-14-24-20(18-34)17-22-26(39-24)21-11-10-13-25(38-7)27(21)40-31(22,5)6/h10-11,13,20,22-24,26H,8-9,12,14-18H2,1-7H3,(H,32,37)(H,33,35)/t20-,22+,23+,24+,26-/m1/s1. The lowest BCUT2D eigenvalue weighted by Gasteiger charge is -2.53. The van der Waals surface area contributed by atoms with Crippen molar-refractivity contribution in [2.24, 2.45) is 11.8 Å². The molecule has 2 fully saturated rings. The molecule has 3 aliphatic heterocycles. The molecular formula is C31H47N3O7. The first-order chi connectivity index (χ1) is 19.3. The van der Waals surface area contributed by atoms with E-state index in [-0.39, 0.29) is 35.9 Å². The summed E-state index contributed by atoms with van der Waals surface area (Å²) < 4.78 is 24.1. The predicted octanol–water partition coefficient (Wildman–Crippen LogP) is 4.36. The minimum atomic E-state index is -0.600.